The van der Waals surface area contributed by atoms with E-state index in [1.807, 2.05) is 0 Å². The van der Waals surface area contributed by atoms with Crippen LogP contribution in [0.1, 0.15) is 52.4 Å². The van der Waals surface area contributed by atoms with Crippen LogP contribution >= 0.6 is 11.3 Å². The quantitative estimate of drug-likeness (QED) is 0.809. The number of hydrogen-bond donors (Lipinski definition) is 1. The van der Waals surface area contributed by atoms with E-state index in [0.29, 0.717) is 26.9 Å². The Morgan fingerprint density at radius 2 is 2.00 bits per heavy atom. The standard InChI is InChI=1S/C17H21N3OS/c1-15-4-11-5-16(2,8-15)10-17(6-11,9-15)13(21)20-14-19-7-12(18-3)22-14/h7,11H,4-6,8-10H2,1-2H3,(H,19,20,21). The van der Waals surface area contributed by atoms with Gasteiger partial charge >= 0.3 is 0 Å². The molecule has 1 amide bonds. The van der Waals surface area contributed by atoms with E-state index < -0.39 is 0 Å². The van der Waals surface area contributed by atoms with Crippen molar-refractivity contribution in [3.63, 3.8) is 0 Å². The molecule has 4 bridgehead atoms. The molecule has 1 aromatic rings. The average molecular weight is 315 g/mol. The second kappa shape index (κ2) is 4.32. The summed E-state index contributed by atoms with van der Waals surface area (Å²) >= 11 is 1.27. The number of nitrogens with one attached hydrogen (secondary N) is 1. The molecule has 22 heavy (non-hydrogen) atoms. The van der Waals surface area contributed by atoms with E-state index in [1.54, 1.807) is 0 Å². The minimum atomic E-state index is -0.215. The third kappa shape index (κ3) is 2.08. The van der Waals surface area contributed by atoms with Crippen LogP contribution in [0.3, 0.4) is 0 Å². The van der Waals surface area contributed by atoms with Gasteiger partial charge in [-0.25, -0.2) is 9.83 Å². The smallest absolute Gasteiger partial charge is 0.262 e. The molecule has 4 fully saturated rings. The lowest BCUT2D eigenvalue weighted by atomic mass is 9.40. The summed E-state index contributed by atoms with van der Waals surface area (Å²) in [6.45, 7) is 11.8. The van der Waals surface area contributed by atoms with E-state index in [4.69, 9.17) is 6.57 Å². The van der Waals surface area contributed by atoms with Crippen molar-refractivity contribution in [1.29, 1.82) is 0 Å². The molecule has 4 aliphatic rings. The van der Waals surface area contributed by atoms with E-state index in [9.17, 15) is 4.79 Å². The van der Waals surface area contributed by atoms with Gasteiger partial charge in [0.2, 0.25) is 5.91 Å². The summed E-state index contributed by atoms with van der Waals surface area (Å²) in [5, 5.41) is 4.11. The molecule has 0 aromatic carbocycles. The average Bonchev–Trinajstić information content (AvgIpc) is 2.82. The number of nitrogens with zero attached hydrogens (tertiary/aromatic N) is 2. The van der Waals surface area contributed by atoms with Crippen LogP contribution in [0.15, 0.2) is 6.20 Å². The highest BCUT2D eigenvalue weighted by molar-refractivity contribution is 7.19. The van der Waals surface area contributed by atoms with Crippen LogP contribution in [-0.2, 0) is 4.79 Å². The molecule has 5 rings (SSSR count). The predicted octanol–water partition coefficient (Wildman–Crippen LogP) is 4.63. The topological polar surface area (TPSA) is 46.4 Å². The summed E-state index contributed by atoms with van der Waals surface area (Å²) in [6.07, 6.45) is 8.44. The van der Waals surface area contributed by atoms with Gasteiger partial charge in [0.25, 0.3) is 5.00 Å². The largest absolute Gasteiger partial charge is 0.303 e. The van der Waals surface area contributed by atoms with Gasteiger partial charge in [-0.05, 0) is 55.3 Å². The van der Waals surface area contributed by atoms with Gasteiger partial charge < -0.3 is 5.32 Å². The van der Waals surface area contributed by atoms with Crippen molar-refractivity contribution in [1.82, 2.24) is 4.98 Å². The summed E-state index contributed by atoms with van der Waals surface area (Å²) in [5.74, 6) is 0.840. The Labute approximate surface area is 135 Å². The molecule has 1 heterocycles. The minimum absolute atomic E-state index is 0.139. The monoisotopic (exact) mass is 315 g/mol. The zero-order valence-corrected chi connectivity index (χ0v) is 13.9. The lowest BCUT2D eigenvalue weighted by Crippen LogP contribution is -2.58. The van der Waals surface area contributed by atoms with Gasteiger partial charge in [0.05, 0.1) is 12.0 Å². The van der Waals surface area contributed by atoms with Crippen LogP contribution in [0.25, 0.3) is 4.85 Å². The van der Waals surface area contributed by atoms with E-state index in [-0.39, 0.29) is 11.3 Å². The zero-order chi connectivity index (χ0) is 15.6. The number of hydrogen-bond acceptors (Lipinski definition) is 3. The van der Waals surface area contributed by atoms with Crippen LogP contribution in [-0.4, -0.2) is 10.9 Å². The number of anilines is 1. The van der Waals surface area contributed by atoms with Crippen LogP contribution in [0.4, 0.5) is 10.1 Å². The van der Waals surface area contributed by atoms with Crippen LogP contribution < -0.4 is 5.32 Å². The third-order valence-electron chi connectivity index (χ3n) is 5.93. The van der Waals surface area contributed by atoms with Gasteiger partial charge in [0, 0.05) is 6.20 Å². The first-order chi connectivity index (χ1) is 10.3. The first-order valence-corrected chi connectivity index (χ1v) is 8.80. The van der Waals surface area contributed by atoms with Crippen molar-refractivity contribution >= 4 is 27.4 Å². The number of aromatic nitrogens is 1. The predicted molar refractivity (Wildman–Crippen MR) is 86.8 cm³/mol. The van der Waals surface area contributed by atoms with Gasteiger partial charge in [-0.1, -0.05) is 13.8 Å². The first-order valence-electron chi connectivity index (χ1n) is 7.99. The van der Waals surface area contributed by atoms with E-state index in [0.717, 1.165) is 19.3 Å². The van der Waals surface area contributed by atoms with E-state index in [2.05, 4.69) is 29.0 Å². The molecule has 4 nitrogen and oxygen atoms in total. The number of thiazole rings is 1. The number of amides is 1. The summed E-state index contributed by atoms with van der Waals surface area (Å²) in [5.41, 5.74) is 0.443. The fourth-order valence-corrected chi connectivity index (χ4v) is 6.90. The Morgan fingerprint density at radius 1 is 1.32 bits per heavy atom. The highest BCUT2D eigenvalue weighted by Crippen LogP contribution is 2.69. The Hall–Kier alpha value is -1.41. The lowest BCUT2D eigenvalue weighted by Gasteiger charge is -2.64. The minimum Gasteiger partial charge on any atom is -0.303 e. The van der Waals surface area contributed by atoms with Crippen LogP contribution in [0, 0.1) is 28.7 Å². The van der Waals surface area contributed by atoms with Crippen molar-refractivity contribution in [2.75, 3.05) is 5.32 Å². The van der Waals surface area contributed by atoms with Crippen molar-refractivity contribution in [3.8, 4) is 0 Å². The molecule has 0 aliphatic heterocycles. The highest BCUT2D eigenvalue weighted by atomic mass is 32.1. The van der Waals surface area contributed by atoms with Crippen molar-refractivity contribution in [3.05, 3.63) is 17.6 Å². The number of carbonyl (C=O) groups excluding carboxylic acids is 1. The van der Waals surface area contributed by atoms with Crippen molar-refractivity contribution in [2.45, 2.75) is 52.4 Å². The summed E-state index contributed by atoms with van der Waals surface area (Å²) < 4.78 is 0. The Kier molecular flexibility index (Phi) is 2.79. The second-order valence-electron chi connectivity index (χ2n) is 8.48. The fraction of sp³-hybridized carbons (Fsp3) is 0.706. The zero-order valence-electron chi connectivity index (χ0n) is 13.1. The van der Waals surface area contributed by atoms with Gasteiger partial charge in [-0.15, -0.1) is 11.3 Å². The lowest BCUT2D eigenvalue weighted by molar-refractivity contribution is -0.165. The number of rotatable bonds is 2. The maximum absolute atomic E-state index is 13.0. The molecule has 2 unspecified atom stereocenters. The van der Waals surface area contributed by atoms with Crippen molar-refractivity contribution in [2.24, 2.45) is 22.2 Å². The normalized spacial score (nSPS) is 42.1. The molecule has 1 aromatic heterocycles. The van der Waals surface area contributed by atoms with Gasteiger partial charge in [-0.3, -0.25) is 4.79 Å². The molecule has 0 saturated heterocycles. The summed E-state index contributed by atoms with van der Waals surface area (Å²) in [6, 6.07) is 0. The van der Waals surface area contributed by atoms with Crippen molar-refractivity contribution < 1.29 is 4.79 Å². The molecule has 4 saturated carbocycles. The summed E-state index contributed by atoms with van der Waals surface area (Å²) in [4.78, 5) is 20.6. The second-order valence-corrected chi connectivity index (χ2v) is 9.49. The van der Waals surface area contributed by atoms with Crippen LogP contribution in [0.5, 0.6) is 0 Å². The summed E-state index contributed by atoms with van der Waals surface area (Å²) in [7, 11) is 0. The van der Waals surface area contributed by atoms with Gasteiger partial charge in [0.15, 0.2) is 5.13 Å². The van der Waals surface area contributed by atoms with E-state index >= 15 is 0 Å². The van der Waals surface area contributed by atoms with Gasteiger partial charge in [-0.2, -0.15) is 0 Å². The third-order valence-corrected chi connectivity index (χ3v) is 6.74. The SMILES string of the molecule is [C-]#[N+]c1cnc(NC(=O)C23CC4CC(C)(CC(C)(C4)C2)C3)s1. The first kappa shape index (κ1) is 14.2. The number of carbonyl (C=O) groups is 1. The molecule has 116 valence electrons. The molecule has 0 spiro atoms. The molecule has 5 heteroatoms. The fourth-order valence-electron chi connectivity index (χ4n) is 6.31. The molecule has 0 radical (unpaired) electrons. The van der Waals surface area contributed by atoms with E-state index in [1.165, 1.54) is 36.8 Å². The maximum Gasteiger partial charge on any atom is 0.262 e. The van der Waals surface area contributed by atoms with Gasteiger partial charge in [0.1, 0.15) is 0 Å². The highest BCUT2D eigenvalue weighted by Gasteiger charge is 2.62. The molecule has 2 atom stereocenters. The Morgan fingerprint density at radius 3 is 2.55 bits per heavy atom. The molecule has 1 N–H and O–H groups in total. The Bertz CT molecular complexity index is 670. The Balaban J connectivity index is 1.61. The molecular formula is C17H21N3OS. The molecule has 4 aliphatic carbocycles. The maximum atomic E-state index is 13.0. The molecular weight excluding hydrogens is 294 g/mol. The van der Waals surface area contributed by atoms with Crippen LogP contribution in [0.2, 0.25) is 0 Å².